The molecule has 0 atom stereocenters. The van der Waals surface area contributed by atoms with Gasteiger partial charge in [0.25, 0.3) is 0 Å². The number of phenolic OH excluding ortho intramolecular Hbond substituents is 1. The molecule has 0 amide bonds. The normalized spacial score (nSPS) is 10.6. The summed E-state index contributed by atoms with van der Waals surface area (Å²) in [5, 5.41) is 9.02. The van der Waals surface area contributed by atoms with Gasteiger partial charge in [0, 0.05) is 6.07 Å². The average molecular weight is 242 g/mol. The minimum Gasteiger partial charge on any atom is -0.508 e. The van der Waals surface area contributed by atoms with Crippen LogP contribution in [0, 0.1) is 23.3 Å². The first-order chi connectivity index (χ1) is 8.00. The lowest BCUT2D eigenvalue weighted by Gasteiger charge is -2.07. The van der Waals surface area contributed by atoms with Crippen LogP contribution in [-0.2, 0) is 0 Å². The van der Waals surface area contributed by atoms with Crippen LogP contribution in [0.25, 0.3) is 11.1 Å². The lowest BCUT2D eigenvalue weighted by Crippen LogP contribution is -1.98. The molecule has 0 fully saturated rings. The molecule has 0 saturated heterocycles. The number of hydrogen-bond acceptors (Lipinski definition) is 1. The highest BCUT2D eigenvalue weighted by molar-refractivity contribution is 5.65. The van der Waals surface area contributed by atoms with Gasteiger partial charge in [0.1, 0.15) is 5.75 Å². The number of phenols is 1. The van der Waals surface area contributed by atoms with Crippen LogP contribution in [-0.4, -0.2) is 5.11 Å². The molecule has 1 N–H and O–H groups in total. The fourth-order valence-corrected chi connectivity index (χ4v) is 1.45. The molecule has 0 bridgehead atoms. The Bertz CT molecular complexity index is 537. The number of rotatable bonds is 1. The number of benzene rings is 2. The van der Waals surface area contributed by atoms with Crippen molar-refractivity contribution in [3.8, 4) is 16.9 Å². The number of aromatic hydroxyl groups is 1. The van der Waals surface area contributed by atoms with Crippen molar-refractivity contribution >= 4 is 0 Å². The number of halogens is 4. The Labute approximate surface area is 93.9 Å². The van der Waals surface area contributed by atoms with Crippen LogP contribution in [0.1, 0.15) is 0 Å². The van der Waals surface area contributed by atoms with E-state index in [2.05, 4.69) is 0 Å². The first-order valence-corrected chi connectivity index (χ1v) is 4.63. The van der Waals surface area contributed by atoms with Crippen LogP contribution in [0.3, 0.4) is 0 Å². The molecule has 1 nitrogen and oxygen atoms in total. The Kier molecular flexibility index (Phi) is 2.75. The number of hydrogen-bond donors (Lipinski definition) is 1. The second kappa shape index (κ2) is 4.08. The molecule has 0 unspecified atom stereocenters. The molecule has 0 aliphatic rings. The van der Waals surface area contributed by atoms with E-state index in [9.17, 15) is 17.6 Å². The molecule has 0 spiro atoms. The highest BCUT2D eigenvalue weighted by Gasteiger charge is 2.20. The van der Waals surface area contributed by atoms with Crippen molar-refractivity contribution in [2.45, 2.75) is 0 Å². The minimum absolute atomic E-state index is 0.0591. The van der Waals surface area contributed by atoms with E-state index in [1.54, 1.807) is 0 Å². The Morgan fingerprint density at radius 1 is 0.765 bits per heavy atom. The van der Waals surface area contributed by atoms with Gasteiger partial charge in [-0.05, 0) is 17.7 Å². The van der Waals surface area contributed by atoms with Gasteiger partial charge in [0.15, 0.2) is 23.3 Å². The third-order valence-corrected chi connectivity index (χ3v) is 2.27. The van der Waals surface area contributed by atoms with E-state index in [1.807, 2.05) is 0 Å². The summed E-state index contributed by atoms with van der Waals surface area (Å²) in [5.74, 6) is -5.98. The summed E-state index contributed by atoms with van der Waals surface area (Å²) in [5.41, 5.74) is -0.848. The molecule has 2 aromatic rings. The predicted molar refractivity (Wildman–Crippen MR) is 53.4 cm³/mol. The average Bonchev–Trinajstić information content (AvgIpc) is 2.29. The monoisotopic (exact) mass is 242 g/mol. The van der Waals surface area contributed by atoms with Gasteiger partial charge in [-0.25, -0.2) is 17.6 Å². The topological polar surface area (TPSA) is 20.2 Å². The third kappa shape index (κ3) is 1.95. The van der Waals surface area contributed by atoms with Crippen LogP contribution in [0.5, 0.6) is 5.75 Å². The van der Waals surface area contributed by atoms with E-state index in [0.717, 1.165) is 24.3 Å². The quantitative estimate of drug-likeness (QED) is 0.598. The lowest BCUT2D eigenvalue weighted by molar-refractivity contribution is 0.458. The van der Waals surface area contributed by atoms with Crippen molar-refractivity contribution in [3.05, 3.63) is 53.6 Å². The molecule has 0 aliphatic heterocycles. The van der Waals surface area contributed by atoms with Gasteiger partial charge >= 0.3 is 0 Å². The first kappa shape index (κ1) is 11.4. The van der Waals surface area contributed by atoms with Crippen LogP contribution >= 0.6 is 0 Å². The van der Waals surface area contributed by atoms with Crippen molar-refractivity contribution in [1.82, 2.24) is 0 Å². The summed E-state index contributed by atoms with van der Waals surface area (Å²) >= 11 is 0. The molecule has 0 heterocycles. The SMILES string of the molecule is Oc1ccc(-c2c(F)c(F)cc(F)c2F)cc1. The van der Waals surface area contributed by atoms with Crippen LogP contribution in [0.15, 0.2) is 30.3 Å². The summed E-state index contributed by atoms with van der Waals surface area (Å²) in [4.78, 5) is 0. The molecular weight excluding hydrogens is 236 g/mol. The van der Waals surface area contributed by atoms with Crippen LogP contribution in [0.2, 0.25) is 0 Å². The maximum atomic E-state index is 13.4. The van der Waals surface area contributed by atoms with Gasteiger partial charge < -0.3 is 5.11 Å². The summed E-state index contributed by atoms with van der Waals surface area (Å²) in [6.07, 6.45) is 0. The standard InChI is InChI=1S/C12H6F4O/c13-8-5-9(14)12(16)10(11(8)15)6-1-3-7(17)4-2-6/h1-5,17H. The summed E-state index contributed by atoms with van der Waals surface area (Å²) < 4.78 is 52.7. The largest absolute Gasteiger partial charge is 0.508 e. The highest BCUT2D eigenvalue weighted by atomic mass is 19.2. The maximum Gasteiger partial charge on any atom is 0.169 e. The van der Waals surface area contributed by atoms with Crippen molar-refractivity contribution in [2.75, 3.05) is 0 Å². The minimum atomic E-state index is -1.47. The van der Waals surface area contributed by atoms with E-state index in [-0.39, 0.29) is 17.4 Å². The summed E-state index contributed by atoms with van der Waals surface area (Å²) in [7, 11) is 0. The molecule has 2 rings (SSSR count). The second-order valence-corrected chi connectivity index (χ2v) is 3.39. The highest BCUT2D eigenvalue weighted by Crippen LogP contribution is 2.30. The fourth-order valence-electron chi connectivity index (χ4n) is 1.45. The third-order valence-electron chi connectivity index (χ3n) is 2.27. The van der Waals surface area contributed by atoms with Crippen molar-refractivity contribution in [1.29, 1.82) is 0 Å². The molecule has 17 heavy (non-hydrogen) atoms. The zero-order valence-corrected chi connectivity index (χ0v) is 8.35. The molecule has 2 aromatic carbocycles. The maximum absolute atomic E-state index is 13.4. The van der Waals surface area contributed by atoms with Crippen LogP contribution < -0.4 is 0 Å². The van der Waals surface area contributed by atoms with Crippen LogP contribution in [0.4, 0.5) is 17.6 Å². The second-order valence-electron chi connectivity index (χ2n) is 3.39. The van der Waals surface area contributed by atoms with Gasteiger partial charge in [-0.1, -0.05) is 12.1 Å². The van der Waals surface area contributed by atoms with Gasteiger partial charge in [-0.3, -0.25) is 0 Å². The van der Waals surface area contributed by atoms with Gasteiger partial charge in [-0.2, -0.15) is 0 Å². The van der Waals surface area contributed by atoms with E-state index in [0.29, 0.717) is 0 Å². The molecule has 0 radical (unpaired) electrons. The van der Waals surface area contributed by atoms with E-state index in [4.69, 9.17) is 5.11 Å². The van der Waals surface area contributed by atoms with Gasteiger partial charge in [0.2, 0.25) is 0 Å². The molecular formula is C12H6F4O. The molecule has 0 aromatic heterocycles. The smallest absolute Gasteiger partial charge is 0.169 e. The molecule has 0 aliphatic carbocycles. The Morgan fingerprint density at radius 3 is 1.71 bits per heavy atom. The first-order valence-electron chi connectivity index (χ1n) is 4.63. The Balaban J connectivity index is 2.70. The Hall–Kier alpha value is -2.04. The van der Waals surface area contributed by atoms with Crippen molar-refractivity contribution in [2.24, 2.45) is 0 Å². The van der Waals surface area contributed by atoms with E-state index >= 15 is 0 Å². The zero-order valence-electron chi connectivity index (χ0n) is 8.35. The van der Waals surface area contributed by atoms with Gasteiger partial charge in [0.05, 0.1) is 5.56 Å². The Morgan fingerprint density at radius 2 is 1.24 bits per heavy atom. The molecule has 0 saturated carbocycles. The zero-order chi connectivity index (χ0) is 12.6. The lowest BCUT2D eigenvalue weighted by atomic mass is 10.0. The van der Waals surface area contributed by atoms with Crippen molar-refractivity contribution in [3.63, 3.8) is 0 Å². The van der Waals surface area contributed by atoms with Gasteiger partial charge in [-0.15, -0.1) is 0 Å². The predicted octanol–water partition coefficient (Wildman–Crippen LogP) is 3.62. The molecule has 5 heteroatoms. The fraction of sp³-hybridized carbons (Fsp3) is 0. The summed E-state index contributed by atoms with van der Waals surface area (Å²) in [6.45, 7) is 0. The van der Waals surface area contributed by atoms with E-state index in [1.165, 1.54) is 0 Å². The van der Waals surface area contributed by atoms with Crippen molar-refractivity contribution < 1.29 is 22.7 Å². The molecule has 88 valence electrons. The van der Waals surface area contributed by atoms with E-state index < -0.39 is 28.8 Å². The summed E-state index contributed by atoms with van der Waals surface area (Å²) in [6, 6.07) is 4.80.